The smallest absolute Gasteiger partial charge is 0.258 e. The minimum Gasteiger partial charge on any atom is -0.379 e. The molecule has 0 bridgehead atoms. The van der Waals surface area contributed by atoms with E-state index in [1.54, 1.807) is 12.4 Å². The van der Waals surface area contributed by atoms with Gasteiger partial charge in [0.15, 0.2) is 0 Å². The molecule has 1 saturated heterocycles. The number of H-pyrrole nitrogens is 2. The van der Waals surface area contributed by atoms with Gasteiger partial charge in [0.25, 0.3) is 5.56 Å². The quantitative estimate of drug-likeness (QED) is 0.557. The molecule has 0 atom stereocenters. The minimum absolute atomic E-state index is 0.118. The van der Waals surface area contributed by atoms with Gasteiger partial charge in [-0.25, -0.2) is 9.97 Å². The van der Waals surface area contributed by atoms with Gasteiger partial charge in [0.1, 0.15) is 10.7 Å². The predicted octanol–water partition coefficient (Wildman–Crippen LogP) is 2.87. The first kappa shape index (κ1) is 17.3. The normalized spacial score (nSPS) is 15.3. The maximum atomic E-state index is 12.4. The van der Waals surface area contributed by atoms with Gasteiger partial charge in [0, 0.05) is 54.6 Å². The van der Waals surface area contributed by atoms with E-state index in [-0.39, 0.29) is 5.56 Å². The van der Waals surface area contributed by atoms with E-state index in [1.807, 2.05) is 29.8 Å². The Morgan fingerprint density at radius 2 is 2.07 bits per heavy atom. The van der Waals surface area contributed by atoms with E-state index in [0.29, 0.717) is 5.56 Å². The Bertz CT molecular complexity index is 1170. The highest BCUT2D eigenvalue weighted by Gasteiger charge is 2.15. The molecule has 5 rings (SSSR count). The van der Waals surface area contributed by atoms with Gasteiger partial charge in [-0.05, 0) is 23.8 Å². The van der Waals surface area contributed by atoms with Crippen molar-refractivity contribution < 1.29 is 4.74 Å². The van der Waals surface area contributed by atoms with Crippen LogP contribution in [0.3, 0.4) is 0 Å². The van der Waals surface area contributed by atoms with Gasteiger partial charge in [-0.2, -0.15) is 0 Å². The van der Waals surface area contributed by atoms with E-state index in [1.165, 1.54) is 11.3 Å². The molecule has 7 nitrogen and oxygen atoms in total. The molecule has 5 heterocycles. The van der Waals surface area contributed by atoms with E-state index in [2.05, 4.69) is 19.9 Å². The Kier molecular flexibility index (Phi) is 4.52. The van der Waals surface area contributed by atoms with E-state index >= 15 is 0 Å². The summed E-state index contributed by atoms with van der Waals surface area (Å²) in [6, 6.07) is 5.88. The third-order valence-corrected chi connectivity index (χ3v) is 5.81. The Hall–Kier alpha value is -2.81. The molecule has 0 aliphatic carbocycles. The van der Waals surface area contributed by atoms with Crippen molar-refractivity contribution in [3.63, 3.8) is 0 Å². The van der Waals surface area contributed by atoms with Gasteiger partial charge >= 0.3 is 0 Å². The third-order valence-electron chi connectivity index (χ3n) is 4.93. The summed E-state index contributed by atoms with van der Waals surface area (Å²) >= 11 is 1.48. The number of rotatable bonds is 4. The fraction of sp³-hybridized carbons (Fsp3) is 0.250. The van der Waals surface area contributed by atoms with Crippen molar-refractivity contribution >= 4 is 22.4 Å². The van der Waals surface area contributed by atoms with Gasteiger partial charge in [-0.1, -0.05) is 0 Å². The van der Waals surface area contributed by atoms with Crippen LogP contribution in [0.4, 0.5) is 0 Å². The number of aromatic amines is 2. The van der Waals surface area contributed by atoms with Crippen LogP contribution in [0.1, 0.15) is 5.56 Å². The molecule has 1 aliphatic heterocycles. The first-order valence-electron chi connectivity index (χ1n) is 9.18. The van der Waals surface area contributed by atoms with Crippen molar-refractivity contribution in [2.75, 3.05) is 26.3 Å². The maximum Gasteiger partial charge on any atom is 0.258 e. The molecule has 0 radical (unpaired) electrons. The third kappa shape index (κ3) is 3.26. The van der Waals surface area contributed by atoms with Crippen LogP contribution in [0.15, 0.2) is 47.0 Å². The summed E-state index contributed by atoms with van der Waals surface area (Å²) in [7, 11) is 0. The topological polar surface area (TPSA) is 86.9 Å². The Balaban J connectivity index is 1.46. The van der Waals surface area contributed by atoms with E-state index in [9.17, 15) is 4.79 Å². The van der Waals surface area contributed by atoms with Gasteiger partial charge < -0.3 is 14.7 Å². The van der Waals surface area contributed by atoms with Crippen LogP contribution in [0, 0.1) is 0 Å². The van der Waals surface area contributed by atoms with Crippen LogP contribution in [0.25, 0.3) is 32.9 Å². The summed E-state index contributed by atoms with van der Waals surface area (Å²) in [6.07, 6.45) is 5.46. The van der Waals surface area contributed by atoms with Crippen LogP contribution >= 0.6 is 11.3 Å². The predicted molar refractivity (Wildman–Crippen MR) is 109 cm³/mol. The molecule has 2 N–H and O–H groups in total. The Morgan fingerprint density at radius 1 is 1.18 bits per heavy atom. The van der Waals surface area contributed by atoms with E-state index < -0.39 is 0 Å². The zero-order valence-corrected chi connectivity index (χ0v) is 16.0. The average molecular weight is 393 g/mol. The van der Waals surface area contributed by atoms with Crippen molar-refractivity contribution in [3.05, 3.63) is 58.1 Å². The molecule has 4 aromatic rings. The Morgan fingerprint density at radius 3 is 2.96 bits per heavy atom. The van der Waals surface area contributed by atoms with Crippen LogP contribution in [0.2, 0.25) is 0 Å². The molecule has 4 aromatic heterocycles. The molecular formula is C20H19N5O2S. The molecular weight excluding hydrogens is 374 g/mol. The highest BCUT2D eigenvalue weighted by Crippen LogP contribution is 2.31. The first-order chi connectivity index (χ1) is 13.8. The van der Waals surface area contributed by atoms with Crippen LogP contribution < -0.4 is 5.56 Å². The highest BCUT2D eigenvalue weighted by atomic mass is 32.1. The van der Waals surface area contributed by atoms with Gasteiger partial charge in [0.05, 0.1) is 24.5 Å². The number of hydrogen-bond acceptors (Lipinski definition) is 6. The standard InChI is InChI=1S/C20H19N5O2S/c26-19-15(8-13(9-23-19)11-25-4-6-27-7-5-25)20-24-17(12-28-20)16-10-22-18-14(16)2-1-3-21-18/h1-3,8-10,12H,4-7,11H2,(H,21,22)(H,23,26). The van der Waals surface area contributed by atoms with Crippen LogP contribution in [-0.2, 0) is 11.3 Å². The number of nitrogens with one attached hydrogen (secondary N) is 2. The molecule has 28 heavy (non-hydrogen) atoms. The number of pyridine rings is 2. The monoisotopic (exact) mass is 393 g/mol. The summed E-state index contributed by atoms with van der Waals surface area (Å²) in [5, 5.41) is 3.73. The average Bonchev–Trinajstić information content (AvgIpc) is 3.37. The fourth-order valence-corrected chi connectivity index (χ4v) is 4.32. The highest BCUT2D eigenvalue weighted by molar-refractivity contribution is 7.13. The lowest BCUT2D eigenvalue weighted by molar-refractivity contribution is 0.0341. The summed E-state index contributed by atoms with van der Waals surface area (Å²) in [6.45, 7) is 4.12. The van der Waals surface area contributed by atoms with E-state index in [0.717, 1.165) is 65.7 Å². The van der Waals surface area contributed by atoms with Crippen molar-refractivity contribution in [1.29, 1.82) is 0 Å². The van der Waals surface area contributed by atoms with Gasteiger partial charge in [-0.3, -0.25) is 9.69 Å². The summed E-state index contributed by atoms with van der Waals surface area (Å²) in [5.74, 6) is 0. The largest absolute Gasteiger partial charge is 0.379 e. The number of fused-ring (bicyclic) bond motifs is 1. The molecule has 8 heteroatoms. The summed E-state index contributed by atoms with van der Waals surface area (Å²) in [4.78, 5) is 29.9. The van der Waals surface area contributed by atoms with E-state index in [4.69, 9.17) is 9.72 Å². The van der Waals surface area contributed by atoms with Gasteiger partial charge in [0.2, 0.25) is 0 Å². The second-order valence-electron chi connectivity index (χ2n) is 6.78. The molecule has 0 aromatic carbocycles. The zero-order chi connectivity index (χ0) is 18.9. The lowest BCUT2D eigenvalue weighted by Crippen LogP contribution is -2.35. The Labute approximate surface area is 165 Å². The number of aromatic nitrogens is 4. The number of nitrogens with zero attached hydrogens (tertiary/aromatic N) is 3. The molecule has 1 aliphatic rings. The van der Waals surface area contributed by atoms with Crippen molar-refractivity contribution in [1.82, 2.24) is 24.8 Å². The second kappa shape index (κ2) is 7.31. The van der Waals surface area contributed by atoms with Crippen LogP contribution in [0.5, 0.6) is 0 Å². The second-order valence-corrected chi connectivity index (χ2v) is 7.64. The lowest BCUT2D eigenvalue weighted by atomic mass is 10.1. The number of ether oxygens (including phenoxy) is 1. The summed E-state index contributed by atoms with van der Waals surface area (Å²) < 4.78 is 5.40. The summed E-state index contributed by atoms with van der Waals surface area (Å²) in [5.41, 5.74) is 4.23. The molecule has 0 amide bonds. The number of morpholine rings is 1. The fourth-order valence-electron chi connectivity index (χ4n) is 3.49. The number of thiazole rings is 1. The number of hydrogen-bond donors (Lipinski definition) is 2. The molecule has 142 valence electrons. The van der Waals surface area contributed by atoms with Crippen LogP contribution in [-0.4, -0.2) is 51.1 Å². The first-order valence-corrected chi connectivity index (χ1v) is 10.1. The lowest BCUT2D eigenvalue weighted by Gasteiger charge is -2.26. The van der Waals surface area contributed by atoms with Crippen molar-refractivity contribution in [2.24, 2.45) is 0 Å². The molecule has 1 fully saturated rings. The van der Waals surface area contributed by atoms with Crippen molar-refractivity contribution in [3.8, 4) is 21.8 Å². The molecule has 0 saturated carbocycles. The van der Waals surface area contributed by atoms with Gasteiger partial charge in [-0.15, -0.1) is 11.3 Å². The zero-order valence-electron chi connectivity index (χ0n) is 15.1. The molecule has 0 spiro atoms. The maximum absolute atomic E-state index is 12.4. The van der Waals surface area contributed by atoms with Crippen molar-refractivity contribution in [2.45, 2.75) is 6.54 Å². The minimum atomic E-state index is -0.118. The SMILES string of the molecule is O=c1[nH]cc(CN2CCOCC2)cc1-c1nc(-c2c[nH]c3ncccc23)cs1. The molecule has 0 unspecified atom stereocenters.